The Morgan fingerprint density at radius 2 is 0.932 bits per heavy atom. The number of anilines is 3. The van der Waals surface area contributed by atoms with Crippen molar-refractivity contribution >= 4 is 71.3 Å². The fraction of sp³-hybridized carbons (Fsp3) is 0.0526. The molecule has 278 valence electrons. The Balaban J connectivity index is 1.20. The van der Waals surface area contributed by atoms with Crippen LogP contribution in [-0.4, -0.2) is 0 Å². The standard InChI is InChI=1S/C57H39NO/c1-57(2)49-25-13-11-20-42(49)43-29-28-40(35-50(43)57)58(41-33-38(36-16-5-3-6-17-36)32-39(34-41)37-18-7-4-8-19-37)51-26-15-24-45-47-30-31-53-56(48-23-12-14-27-52(48)59-53)55(47)46-22-10-9-21-44(46)54(45)51/h3-35H,1-2H3. The minimum atomic E-state index is -0.158. The van der Waals surface area contributed by atoms with E-state index < -0.39 is 0 Å². The van der Waals surface area contributed by atoms with E-state index >= 15 is 0 Å². The third-order valence-electron chi connectivity index (χ3n) is 12.8. The van der Waals surface area contributed by atoms with Gasteiger partial charge >= 0.3 is 0 Å². The highest BCUT2D eigenvalue weighted by Gasteiger charge is 2.36. The van der Waals surface area contributed by atoms with E-state index in [1.165, 1.54) is 82.2 Å². The maximum absolute atomic E-state index is 6.46. The molecule has 10 aromatic carbocycles. The molecule has 12 rings (SSSR count). The molecule has 1 heterocycles. The number of nitrogens with zero attached hydrogens (tertiary/aromatic N) is 1. The summed E-state index contributed by atoms with van der Waals surface area (Å²) in [5.74, 6) is 0. The first kappa shape index (κ1) is 33.7. The van der Waals surface area contributed by atoms with Crippen LogP contribution in [0.5, 0.6) is 0 Å². The molecule has 2 nitrogen and oxygen atoms in total. The van der Waals surface area contributed by atoms with Crippen molar-refractivity contribution in [2.24, 2.45) is 0 Å². The van der Waals surface area contributed by atoms with E-state index in [0.29, 0.717) is 0 Å². The van der Waals surface area contributed by atoms with E-state index in [-0.39, 0.29) is 5.41 Å². The van der Waals surface area contributed by atoms with Gasteiger partial charge in [-0.25, -0.2) is 0 Å². The third kappa shape index (κ3) is 5.06. The lowest BCUT2D eigenvalue weighted by Crippen LogP contribution is -2.16. The van der Waals surface area contributed by atoms with Crippen molar-refractivity contribution in [3.05, 3.63) is 211 Å². The second-order valence-electron chi connectivity index (χ2n) is 16.4. The summed E-state index contributed by atoms with van der Waals surface area (Å²) in [5, 5.41) is 9.62. The molecule has 0 radical (unpaired) electrons. The molecular weight excluding hydrogens is 715 g/mol. The molecule has 1 aromatic heterocycles. The average molecular weight is 754 g/mol. The summed E-state index contributed by atoms with van der Waals surface area (Å²) in [5.41, 5.74) is 15.1. The van der Waals surface area contributed by atoms with Crippen LogP contribution in [0.15, 0.2) is 205 Å². The van der Waals surface area contributed by atoms with Crippen LogP contribution in [0.25, 0.3) is 87.6 Å². The van der Waals surface area contributed by atoms with Gasteiger partial charge in [0.15, 0.2) is 0 Å². The van der Waals surface area contributed by atoms with Gasteiger partial charge in [-0.1, -0.05) is 159 Å². The number of rotatable bonds is 5. The summed E-state index contributed by atoms with van der Waals surface area (Å²) < 4.78 is 6.46. The van der Waals surface area contributed by atoms with Crippen LogP contribution in [0, 0.1) is 0 Å². The maximum Gasteiger partial charge on any atom is 0.136 e. The summed E-state index contributed by atoms with van der Waals surface area (Å²) in [6.07, 6.45) is 0. The number of hydrogen-bond acceptors (Lipinski definition) is 2. The smallest absolute Gasteiger partial charge is 0.136 e. The van der Waals surface area contributed by atoms with Gasteiger partial charge in [-0.3, -0.25) is 0 Å². The number of hydrogen-bond donors (Lipinski definition) is 0. The second-order valence-corrected chi connectivity index (χ2v) is 16.4. The van der Waals surface area contributed by atoms with Crippen LogP contribution in [0.4, 0.5) is 17.1 Å². The molecule has 0 unspecified atom stereocenters. The highest BCUT2D eigenvalue weighted by atomic mass is 16.3. The van der Waals surface area contributed by atoms with Gasteiger partial charge in [0.1, 0.15) is 11.2 Å². The van der Waals surface area contributed by atoms with Crippen molar-refractivity contribution in [3.8, 4) is 33.4 Å². The summed E-state index contributed by atoms with van der Waals surface area (Å²) in [6.45, 7) is 4.74. The summed E-state index contributed by atoms with van der Waals surface area (Å²) in [4.78, 5) is 2.52. The quantitative estimate of drug-likeness (QED) is 0.163. The lowest BCUT2D eigenvalue weighted by atomic mass is 9.82. The molecule has 0 N–H and O–H groups in total. The zero-order valence-electron chi connectivity index (χ0n) is 32.9. The summed E-state index contributed by atoms with van der Waals surface area (Å²) >= 11 is 0. The topological polar surface area (TPSA) is 16.4 Å². The first-order valence-corrected chi connectivity index (χ1v) is 20.5. The molecule has 0 aliphatic heterocycles. The molecule has 0 amide bonds. The van der Waals surface area contributed by atoms with E-state index in [2.05, 4.69) is 219 Å². The molecule has 11 aromatic rings. The van der Waals surface area contributed by atoms with Gasteiger partial charge in [0.05, 0.1) is 5.69 Å². The molecule has 0 saturated heterocycles. The Morgan fingerprint density at radius 3 is 1.66 bits per heavy atom. The first-order valence-electron chi connectivity index (χ1n) is 20.5. The van der Waals surface area contributed by atoms with E-state index in [1.807, 2.05) is 0 Å². The molecule has 0 atom stereocenters. The predicted octanol–water partition coefficient (Wildman–Crippen LogP) is 16.2. The molecule has 0 spiro atoms. The van der Waals surface area contributed by atoms with Crippen molar-refractivity contribution in [1.82, 2.24) is 0 Å². The fourth-order valence-corrected chi connectivity index (χ4v) is 10.1. The van der Waals surface area contributed by atoms with Crippen LogP contribution in [0.1, 0.15) is 25.0 Å². The lowest BCUT2D eigenvalue weighted by molar-refractivity contribution is 0.660. The average Bonchev–Trinajstić information content (AvgIpc) is 3.79. The van der Waals surface area contributed by atoms with Crippen molar-refractivity contribution in [1.29, 1.82) is 0 Å². The van der Waals surface area contributed by atoms with Gasteiger partial charge in [-0.05, 0) is 121 Å². The molecule has 0 saturated carbocycles. The minimum Gasteiger partial charge on any atom is -0.456 e. The number of fused-ring (bicyclic) bond motifs is 13. The van der Waals surface area contributed by atoms with Gasteiger partial charge < -0.3 is 9.32 Å². The largest absolute Gasteiger partial charge is 0.456 e. The summed E-state index contributed by atoms with van der Waals surface area (Å²) in [7, 11) is 0. The number of benzene rings is 10. The number of para-hydroxylation sites is 1. The Hall–Kier alpha value is -7.42. The minimum absolute atomic E-state index is 0.158. The van der Waals surface area contributed by atoms with Crippen molar-refractivity contribution in [2.45, 2.75) is 19.3 Å². The van der Waals surface area contributed by atoms with Crippen LogP contribution in [-0.2, 0) is 5.41 Å². The molecule has 59 heavy (non-hydrogen) atoms. The Bertz CT molecular complexity index is 3380. The van der Waals surface area contributed by atoms with E-state index in [4.69, 9.17) is 4.42 Å². The van der Waals surface area contributed by atoms with E-state index in [1.54, 1.807) is 0 Å². The fourth-order valence-electron chi connectivity index (χ4n) is 10.1. The Kier molecular flexibility index (Phi) is 7.31. The van der Waals surface area contributed by atoms with Gasteiger partial charge in [0.25, 0.3) is 0 Å². The van der Waals surface area contributed by atoms with Crippen molar-refractivity contribution in [2.75, 3.05) is 4.90 Å². The van der Waals surface area contributed by atoms with Crippen LogP contribution in [0.2, 0.25) is 0 Å². The first-order chi connectivity index (χ1) is 29.0. The Morgan fingerprint density at radius 1 is 0.356 bits per heavy atom. The van der Waals surface area contributed by atoms with Crippen LogP contribution < -0.4 is 4.90 Å². The third-order valence-corrected chi connectivity index (χ3v) is 12.8. The normalized spacial score (nSPS) is 13.1. The monoisotopic (exact) mass is 753 g/mol. The zero-order valence-corrected chi connectivity index (χ0v) is 32.9. The van der Waals surface area contributed by atoms with Gasteiger partial charge in [-0.15, -0.1) is 0 Å². The predicted molar refractivity (Wildman–Crippen MR) is 249 cm³/mol. The maximum atomic E-state index is 6.46. The van der Waals surface area contributed by atoms with Crippen LogP contribution in [0.3, 0.4) is 0 Å². The van der Waals surface area contributed by atoms with Crippen LogP contribution >= 0.6 is 0 Å². The molecule has 1 aliphatic carbocycles. The van der Waals surface area contributed by atoms with E-state index in [9.17, 15) is 0 Å². The van der Waals surface area contributed by atoms with Gasteiger partial charge in [0.2, 0.25) is 0 Å². The summed E-state index contributed by atoms with van der Waals surface area (Å²) in [6, 6.07) is 73.3. The van der Waals surface area contributed by atoms with Crippen molar-refractivity contribution in [3.63, 3.8) is 0 Å². The zero-order chi connectivity index (χ0) is 39.2. The number of furan rings is 1. The second kappa shape index (κ2) is 12.8. The van der Waals surface area contributed by atoms with E-state index in [0.717, 1.165) is 33.6 Å². The Labute approximate surface area is 343 Å². The van der Waals surface area contributed by atoms with Gasteiger partial charge in [0, 0.05) is 38.3 Å². The molecule has 1 aliphatic rings. The molecule has 2 heteroatoms. The molecule has 0 bridgehead atoms. The highest BCUT2D eigenvalue weighted by molar-refractivity contribution is 6.36. The molecule has 0 fully saturated rings. The highest BCUT2D eigenvalue weighted by Crippen LogP contribution is 2.53. The van der Waals surface area contributed by atoms with Crippen molar-refractivity contribution < 1.29 is 4.42 Å². The lowest BCUT2D eigenvalue weighted by Gasteiger charge is -2.30. The molecular formula is C57H39NO. The SMILES string of the molecule is CC1(C)c2ccccc2-c2ccc(N(c3cc(-c4ccccc4)cc(-c4ccccc4)c3)c3cccc4c5ccc6oc7ccccc7c6c5c5ccccc5c34)cc21. The van der Waals surface area contributed by atoms with Gasteiger partial charge in [-0.2, -0.15) is 0 Å².